The molecule has 2 fully saturated rings. The number of nitrogens with one attached hydrogen (secondary N) is 2. The number of amidine groups is 1. The van der Waals surface area contributed by atoms with Crippen molar-refractivity contribution in [1.29, 1.82) is 0 Å². The van der Waals surface area contributed by atoms with Crippen LogP contribution in [0.15, 0.2) is 53.3 Å². The summed E-state index contributed by atoms with van der Waals surface area (Å²) in [4.78, 5) is 28.6. The van der Waals surface area contributed by atoms with E-state index in [1.807, 2.05) is 0 Å². The Morgan fingerprint density at radius 1 is 1.15 bits per heavy atom. The molecular formula is C23H24F3N5O2. The number of hydrogen-bond donors (Lipinski definition) is 2. The van der Waals surface area contributed by atoms with Crippen molar-refractivity contribution in [2.75, 3.05) is 20.1 Å². The molecule has 1 aromatic carbocycles. The molecule has 1 saturated carbocycles. The summed E-state index contributed by atoms with van der Waals surface area (Å²) in [6, 6.07) is 5.81. The fourth-order valence-corrected chi connectivity index (χ4v) is 5.45. The number of rotatable bonds is 3. The van der Waals surface area contributed by atoms with Crippen molar-refractivity contribution in [3.8, 4) is 0 Å². The number of amides is 2. The van der Waals surface area contributed by atoms with Gasteiger partial charge in [-0.05, 0) is 54.4 Å². The first kappa shape index (κ1) is 21.5. The summed E-state index contributed by atoms with van der Waals surface area (Å²) in [5.74, 6) is -0.132. The zero-order valence-electron chi connectivity index (χ0n) is 18.0. The van der Waals surface area contributed by atoms with Crippen molar-refractivity contribution < 1.29 is 22.8 Å². The van der Waals surface area contributed by atoms with Gasteiger partial charge in [-0.3, -0.25) is 15.0 Å². The van der Waals surface area contributed by atoms with Crippen LogP contribution < -0.4 is 10.7 Å². The predicted molar refractivity (Wildman–Crippen MR) is 114 cm³/mol. The van der Waals surface area contributed by atoms with Gasteiger partial charge in [-0.25, -0.2) is 0 Å². The summed E-state index contributed by atoms with van der Waals surface area (Å²) >= 11 is 0. The molecule has 4 aliphatic rings. The van der Waals surface area contributed by atoms with Crippen LogP contribution >= 0.6 is 0 Å². The summed E-state index contributed by atoms with van der Waals surface area (Å²) in [7, 11) is 1.54. The first-order valence-corrected chi connectivity index (χ1v) is 11.0. The van der Waals surface area contributed by atoms with Gasteiger partial charge in [0.1, 0.15) is 6.17 Å². The number of likely N-dealkylation sites (N-methyl/N-ethyl adjacent to an activating group) is 1. The molecule has 0 spiro atoms. The normalized spacial score (nSPS) is 28.1. The molecule has 2 N–H and O–H groups in total. The van der Waals surface area contributed by atoms with Crippen LogP contribution in [-0.4, -0.2) is 53.8 Å². The van der Waals surface area contributed by atoms with Crippen molar-refractivity contribution in [3.63, 3.8) is 0 Å². The lowest BCUT2D eigenvalue weighted by Gasteiger charge is -2.27. The minimum Gasteiger partial charge on any atom is -0.355 e. The molecular weight excluding hydrogens is 435 g/mol. The number of carbonyl (C=O) groups excluding carboxylic acids is 2. The Balaban J connectivity index is 1.27. The highest BCUT2D eigenvalue weighted by molar-refractivity contribution is 6.38. The lowest BCUT2D eigenvalue weighted by Crippen LogP contribution is -2.45. The smallest absolute Gasteiger partial charge is 0.355 e. The molecule has 4 atom stereocenters. The van der Waals surface area contributed by atoms with E-state index in [0.717, 1.165) is 6.07 Å². The van der Waals surface area contributed by atoms with Gasteiger partial charge < -0.3 is 15.1 Å². The third-order valence-corrected chi connectivity index (χ3v) is 7.01. The second-order valence-electron chi connectivity index (χ2n) is 8.92. The second-order valence-corrected chi connectivity index (χ2v) is 8.92. The number of nitrogens with zero attached hydrogens (tertiary/aromatic N) is 3. The molecule has 1 aromatic rings. The number of hydrazone groups is 1. The molecule has 10 heteroatoms. The second kappa shape index (κ2) is 7.93. The minimum atomic E-state index is -4.37. The Morgan fingerprint density at radius 3 is 2.52 bits per heavy atom. The molecule has 2 amide bonds. The molecule has 3 aliphatic heterocycles. The fourth-order valence-electron chi connectivity index (χ4n) is 5.45. The Morgan fingerprint density at radius 2 is 1.85 bits per heavy atom. The highest BCUT2D eigenvalue weighted by atomic mass is 19.4. The van der Waals surface area contributed by atoms with Crippen LogP contribution in [0.1, 0.15) is 29.9 Å². The van der Waals surface area contributed by atoms with Gasteiger partial charge in [0.2, 0.25) is 5.84 Å². The van der Waals surface area contributed by atoms with E-state index < -0.39 is 11.7 Å². The van der Waals surface area contributed by atoms with E-state index in [9.17, 15) is 22.8 Å². The molecule has 0 bridgehead atoms. The number of carbonyl (C=O) groups is 2. The molecule has 33 heavy (non-hydrogen) atoms. The van der Waals surface area contributed by atoms with Crippen molar-refractivity contribution in [3.05, 3.63) is 59.3 Å². The van der Waals surface area contributed by atoms with Gasteiger partial charge in [0, 0.05) is 26.3 Å². The average molecular weight is 459 g/mol. The van der Waals surface area contributed by atoms with Gasteiger partial charge in [-0.15, -0.1) is 0 Å². The predicted octanol–water partition coefficient (Wildman–Crippen LogP) is 2.40. The SMILES string of the molecule is CNC(=O)C1=CN2C(C(=O)N3C[C@H]4CC(c5ccccc5C(F)(F)F)C[C@H]4C3)=NNC2C=C1. The Bertz CT molecular complexity index is 1070. The van der Waals surface area contributed by atoms with Crippen molar-refractivity contribution in [1.82, 2.24) is 20.5 Å². The maximum atomic E-state index is 13.5. The van der Waals surface area contributed by atoms with E-state index in [0.29, 0.717) is 37.1 Å². The summed E-state index contributed by atoms with van der Waals surface area (Å²) < 4.78 is 40.4. The molecule has 7 nitrogen and oxygen atoms in total. The van der Waals surface area contributed by atoms with Gasteiger partial charge in [0.15, 0.2) is 0 Å². The molecule has 1 aliphatic carbocycles. The molecule has 174 valence electrons. The van der Waals surface area contributed by atoms with Crippen LogP contribution in [0.3, 0.4) is 0 Å². The number of hydrogen-bond acceptors (Lipinski definition) is 5. The average Bonchev–Trinajstić information content (AvgIpc) is 3.50. The Hall–Kier alpha value is -3.30. The van der Waals surface area contributed by atoms with Crippen LogP contribution in [0.4, 0.5) is 13.2 Å². The molecule has 0 aromatic heterocycles. The number of fused-ring (bicyclic) bond motifs is 2. The Labute approximate surface area is 189 Å². The highest BCUT2D eigenvalue weighted by Gasteiger charge is 2.46. The summed E-state index contributed by atoms with van der Waals surface area (Å²) in [5.41, 5.74) is 3.11. The Kier molecular flexibility index (Phi) is 5.18. The van der Waals surface area contributed by atoms with E-state index in [4.69, 9.17) is 0 Å². The van der Waals surface area contributed by atoms with E-state index in [2.05, 4.69) is 15.8 Å². The molecule has 5 rings (SSSR count). The quantitative estimate of drug-likeness (QED) is 0.728. The fraction of sp³-hybridized carbons (Fsp3) is 0.435. The van der Waals surface area contributed by atoms with Gasteiger partial charge in [-0.2, -0.15) is 18.3 Å². The number of halogens is 3. The molecule has 0 radical (unpaired) electrons. The van der Waals surface area contributed by atoms with Gasteiger partial charge >= 0.3 is 6.18 Å². The van der Waals surface area contributed by atoms with E-state index in [-0.39, 0.29) is 41.6 Å². The monoisotopic (exact) mass is 459 g/mol. The van der Waals surface area contributed by atoms with Crippen LogP contribution in [0.2, 0.25) is 0 Å². The van der Waals surface area contributed by atoms with E-state index >= 15 is 0 Å². The molecule has 3 heterocycles. The van der Waals surface area contributed by atoms with Gasteiger partial charge in [-0.1, -0.05) is 18.2 Å². The van der Waals surface area contributed by atoms with Crippen LogP contribution in [-0.2, 0) is 15.8 Å². The first-order valence-electron chi connectivity index (χ1n) is 11.0. The maximum absolute atomic E-state index is 13.5. The number of benzene rings is 1. The van der Waals surface area contributed by atoms with Crippen molar-refractivity contribution >= 4 is 17.6 Å². The number of alkyl halides is 3. The summed E-state index contributed by atoms with van der Waals surface area (Å²) in [6.07, 6.45) is 1.59. The lowest BCUT2D eigenvalue weighted by molar-refractivity contribution is -0.138. The number of likely N-dealkylation sites (tertiary alicyclic amines) is 1. The maximum Gasteiger partial charge on any atom is 0.416 e. The summed E-state index contributed by atoms with van der Waals surface area (Å²) in [5, 5.41) is 6.75. The highest BCUT2D eigenvalue weighted by Crippen LogP contribution is 2.48. The van der Waals surface area contributed by atoms with Crippen molar-refractivity contribution in [2.45, 2.75) is 31.1 Å². The van der Waals surface area contributed by atoms with Crippen molar-refractivity contribution in [2.24, 2.45) is 16.9 Å². The molecule has 1 saturated heterocycles. The first-order chi connectivity index (χ1) is 15.8. The van der Waals surface area contributed by atoms with Crippen LogP contribution in [0, 0.1) is 11.8 Å². The lowest BCUT2D eigenvalue weighted by atomic mass is 9.91. The third kappa shape index (κ3) is 3.77. The summed E-state index contributed by atoms with van der Waals surface area (Å²) in [6.45, 7) is 0.987. The minimum absolute atomic E-state index is 0.157. The van der Waals surface area contributed by atoms with Gasteiger partial charge in [0.05, 0.1) is 11.1 Å². The van der Waals surface area contributed by atoms with E-state index in [1.165, 1.54) is 13.1 Å². The zero-order chi connectivity index (χ0) is 23.3. The topological polar surface area (TPSA) is 77.0 Å². The largest absolute Gasteiger partial charge is 0.416 e. The zero-order valence-corrected chi connectivity index (χ0v) is 18.0. The third-order valence-electron chi connectivity index (χ3n) is 7.01. The van der Waals surface area contributed by atoms with Gasteiger partial charge in [0.25, 0.3) is 11.8 Å². The molecule has 2 unspecified atom stereocenters. The van der Waals surface area contributed by atoms with E-state index in [1.54, 1.807) is 40.3 Å². The standard InChI is InChI=1S/C23H24F3N5O2/c1-27-21(32)13-6-7-19-28-29-20(31(19)12-13)22(33)30-10-15-8-14(9-16(15)11-30)17-4-2-3-5-18(17)23(24,25)26/h2-7,12,14-16,19,28H,8-11H2,1H3,(H,27,32)/t14?,15-,16+,19?. The van der Waals surface area contributed by atoms with Crippen LogP contribution in [0.5, 0.6) is 0 Å². The van der Waals surface area contributed by atoms with Crippen LogP contribution in [0.25, 0.3) is 0 Å².